The quantitative estimate of drug-likeness (QED) is 0.778. The number of anilines is 1. The number of pyridine rings is 1. The molecule has 0 aliphatic carbocycles. The molecule has 2 N–H and O–H groups in total. The van der Waals surface area contributed by atoms with Gasteiger partial charge in [-0.2, -0.15) is 0 Å². The van der Waals surface area contributed by atoms with Crippen LogP contribution >= 0.6 is 11.6 Å². The summed E-state index contributed by atoms with van der Waals surface area (Å²) < 4.78 is 1.55. The topological polar surface area (TPSA) is 56.7 Å². The Bertz CT molecular complexity index is 427. The Morgan fingerprint density at radius 2 is 2.21 bits per heavy atom. The van der Waals surface area contributed by atoms with Gasteiger partial charge in [0.1, 0.15) is 5.02 Å². The van der Waals surface area contributed by atoms with Crippen LogP contribution in [0.3, 0.4) is 0 Å². The van der Waals surface area contributed by atoms with E-state index in [0.717, 1.165) is 5.56 Å². The van der Waals surface area contributed by atoms with E-state index >= 15 is 0 Å². The Morgan fingerprint density at radius 1 is 1.43 bits per heavy atom. The first-order chi connectivity index (χ1) is 6.66. The average Bonchev–Trinajstić information content (AvgIpc) is 2.48. The molecule has 5 heteroatoms. The van der Waals surface area contributed by atoms with Crippen LogP contribution in [0, 0.1) is 6.92 Å². The standard InChI is InChI=1S/C9H9ClN4/c1-6-2-3-8(12-4-6)14-5-7(10)9(11)13-14/h2-5H,1H3,(H2,11,13). The normalized spacial score (nSPS) is 10.4. The number of nitrogens with two attached hydrogens (primary N) is 1. The van der Waals surface area contributed by atoms with Crippen molar-refractivity contribution < 1.29 is 0 Å². The maximum Gasteiger partial charge on any atom is 0.164 e. The van der Waals surface area contributed by atoms with Gasteiger partial charge in [-0.05, 0) is 18.6 Å². The Morgan fingerprint density at radius 3 is 2.71 bits per heavy atom. The SMILES string of the molecule is Cc1ccc(-n2cc(Cl)c(N)n2)nc1. The van der Waals surface area contributed by atoms with E-state index in [2.05, 4.69) is 10.1 Å². The summed E-state index contributed by atoms with van der Waals surface area (Å²) in [7, 11) is 0. The van der Waals surface area contributed by atoms with E-state index in [1.807, 2.05) is 19.1 Å². The van der Waals surface area contributed by atoms with Crippen LogP contribution < -0.4 is 5.73 Å². The van der Waals surface area contributed by atoms with Gasteiger partial charge in [-0.3, -0.25) is 0 Å². The molecule has 2 aromatic rings. The lowest BCUT2D eigenvalue weighted by Gasteiger charge is -1.99. The fourth-order valence-corrected chi connectivity index (χ4v) is 1.21. The Hall–Kier alpha value is -1.55. The summed E-state index contributed by atoms with van der Waals surface area (Å²) in [6.07, 6.45) is 3.40. The summed E-state index contributed by atoms with van der Waals surface area (Å²) in [6.45, 7) is 1.97. The molecule has 0 aliphatic rings. The molecule has 0 aliphatic heterocycles. The van der Waals surface area contributed by atoms with Gasteiger partial charge >= 0.3 is 0 Å². The lowest BCUT2D eigenvalue weighted by atomic mass is 10.3. The predicted octanol–water partition coefficient (Wildman–Crippen LogP) is 1.81. The molecule has 0 aromatic carbocycles. The van der Waals surface area contributed by atoms with Crippen molar-refractivity contribution in [3.8, 4) is 5.82 Å². The van der Waals surface area contributed by atoms with Crippen LogP contribution in [-0.2, 0) is 0 Å². The first-order valence-electron chi connectivity index (χ1n) is 4.10. The van der Waals surface area contributed by atoms with Crippen LogP contribution in [0.25, 0.3) is 5.82 Å². The summed E-state index contributed by atoms with van der Waals surface area (Å²) >= 11 is 5.77. The molecule has 72 valence electrons. The molecule has 0 bridgehead atoms. The number of nitrogen functional groups attached to an aromatic ring is 1. The van der Waals surface area contributed by atoms with Gasteiger partial charge in [0.15, 0.2) is 11.6 Å². The maximum atomic E-state index is 5.77. The molecule has 0 saturated carbocycles. The highest BCUT2D eigenvalue weighted by atomic mass is 35.5. The number of hydrogen-bond acceptors (Lipinski definition) is 3. The highest BCUT2D eigenvalue weighted by molar-refractivity contribution is 6.32. The largest absolute Gasteiger partial charge is 0.381 e. The van der Waals surface area contributed by atoms with Gasteiger partial charge in [0.05, 0.1) is 6.20 Å². The van der Waals surface area contributed by atoms with Gasteiger partial charge in [-0.1, -0.05) is 17.7 Å². The first kappa shape index (κ1) is 9.02. The average molecular weight is 209 g/mol. The molecule has 0 radical (unpaired) electrons. The second kappa shape index (κ2) is 3.31. The van der Waals surface area contributed by atoms with Crippen molar-refractivity contribution in [2.24, 2.45) is 0 Å². The molecule has 2 heterocycles. The van der Waals surface area contributed by atoms with E-state index in [-0.39, 0.29) is 0 Å². The van der Waals surface area contributed by atoms with Crippen LogP contribution in [0.1, 0.15) is 5.56 Å². The first-order valence-corrected chi connectivity index (χ1v) is 4.48. The monoisotopic (exact) mass is 208 g/mol. The molecular formula is C9H9ClN4. The van der Waals surface area contributed by atoms with Crippen molar-refractivity contribution in [3.05, 3.63) is 35.1 Å². The highest BCUT2D eigenvalue weighted by Crippen LogP contribution is 2.17. The minimum Gasteiger partial charge on any atom is -0.381 e. The molecule has 0 fully saturated rings. The van der Waals surface area contributed by atoms with E-state index in [4.69, 9.17) is 17.3 Å². The molecule has 4 nitrogen and oxygen atoms in total. The zero-order valence-corrected chi connectivity index (χ0v) is 8.36. The third kappa shape index (κ3) is 1.56. The van der Waals surface area contributed by atoms with E-state index in [0.29, 0.717) is 16.7 Å². The Labute approximate surface area is 86.3 Å². The van der Waals surface area contributed by atoms with Gasteiger partial charge in [0.2, 0.25) is 0 Å². The maximum absolute atomic E-state index is 5.77. The summed E-state index contributed by atoms with van der Waals surface area (Å²) in [5.74, 6) is 1.02. The molecule has 2 rings (SSSR count). The van der Waals surface area contributed by atoms with Crippen molar-refractivity contribution >= 4 is 17.4 Å². The van der Waals surface area contributed by atoms with Gasteiger partial charge in [0.25, 0.3) is 0 Å². The number of halogens is 1. The zero-order chi connectivity index (χ0) is 10.1. The summed E-state index contributed by atoms with van der Waals surface area (Å²) in [4.78, 5) is 4.19. The van der Waals surface area contributed by atoms with Crippen molar-refractivity contribution in [1.29, 1.82) is 0 Å². The number of rotatable bonds is 1. The van der Waals surface area contributed by atoms with Gasteiger partial charge in [0, 0.05) is 6.20 Å². The minimum atomic E-state index is 0.314. The predicted molar refractivity (Wildman–Crippen MR) is 55.5 cm³/mol. The van der Waals surface area contributed by atoms with Gasteiger partial charge in [-0.25, -0.2) is 9.67 Å². The third-order valence-corrected chi connectivity index (χ3v) is 2.12. The third-order valence-electron chi connectivity index (χ3n) is 1.83. The van der Waals surface area contributed by atoms with Crippen molar-refractivity contribution in [1.82, 2.24) is 14.8 Å². The minimum absolute atomic E-state index is 0.314. The van der Waals surface area contributed by atoms with Crippen LogP contribution in [0.4, 0.5) is 5.82 Å². The van der Waals surface area contributed by atoms with Crippen molar-refractivity contribution in [3.63, 3.8) is 0 Å². The zero-order valence-electron chi connectivity index (χ0n) is 7.61. The van der Waals surface area contributed by atoms with E-state index in [9.17, 15) is 0 Å². The van der Waals surface area contributed by atoms with Crippen LogP contribution in [0.5, 0.6) is 0 Å². The molecule has 2 aromatic heterocycles. The summed E-state index contributed by atoms with van der Waals surface area (Å²) in [6, 6.07) is 3.81. The summed E-state index contributed by atoms with van der Waals surface area (Å²) in [5.41, 5.74) is 6.61. The van der Waals surface area contributed by atoms with Crippen molar-refractivity contribution in [2.75, 3.05) is 5.73 Å². The summed E-state index contributed by atoms with van der Waals surface area (Å²) in [5, 5.41) is 4.45. The number of nitrogens with zero attached hydrogens (tertiary/aromatic N) is 3. The van der Waals surface area contributed by atoms with Gasteiger partial charge < -0.3 is 5.73 Å². The van der Waals surface area contributed by atoms with Crippen LogP contribution in [-0.4, -0.2) is 14.8 Å². The molecule has 14 heavy (non-hydrogen) atoms. The second-order valence-electron chi connectivity index (χ2n) is 3.00. The fraction of sp³-hybridized carbons (Fsp3) is 0.111. The van der Waals surface area contributed by atoms with Crippen molar-refractivity contribution in [2.45, 2.75) is 6.92 Å². The highest BCUT2D eigenvalue weighted by Gasteiger charge is 2.04. The fourth-order valence-electron chi connectivity index (χ4n) is 1.08. The Balaban J connectivity index is 2.44. The molecule has 0 amide bonds. The van der Waals surface area contributed by atoms with Gasteiger partial charge in [-0.15, -0.1) is 5.10 Å². The van der Waals surface area contributed by atoms with Crippen LogP contribution in [0.15, 0.2) is 24.5 Å². The molecule has 0 spiro atoms. The lowest BCUT2D eigenvalue weighted by Crippen LogP contribution is -1.98. The number of aromatic nitrogens is 3. The van der Waals surface area contributed by atoms with E-state index in [1.165, 1.54) is 0 Å². The van der Waals surface area contributed by atoms with E-state index < -0.39 is 0 Å². The lowest BCUT2D eigenvalue weighted by molar-refractivity contribution is 0.850. The molecule has 0 atom stereocenters. The Kier molecular flexibility index (Phi) is 2.13. The smallest absolute Gasteiger partial charge is 0.164 e. The number of aryl methyl sites for hydroxylation is 1. The molecule has 0 saturated heterocycles. The van der Waals surface area contributed by atoms with Crippen LogP contribution in [0.2, 0.25) is 5.02 Å². The van der Waals surface area contributed by atoms with E-state index in [1.54, 1.807) is 17.1 Å². The second-order valence-corrected chi connectivity index (χ2v) is 3.41. The molecular weight excluding hydrogens is 200 g/mol. The molecule has 0 unspecified atom stereocenters. The number of hydrogen-bond donors (Lipinski definition) is 1.